The van der Waals surface area contributed by atoms with Gasteiger partial charge in [-0.3, -0.25) is 4.98 Å². The van der Waals surface area contributed by atoms with Crippen LogP contribution in [0.2, 0.25) is 0 Å². The number of rotatable bonds is 7. The number of pyridine rings is 1. The first-order valence-corrected chi connectivity index (χ1v) is 12.6. The molecule has 0 saturated heterocycles. The molecule has 2 aromatic heterocycles. The van der Waals surface area contributed by atoms with Crippen molar-refractivity contribution in [2.45, 2.75) is 57.9 Å². The summed E-state index contributed by atoms with van der Waals surface area (Å²) >= 11 is 1.47. The summed E-state index contributed by atoms with van der Waals surface area (Å²) in [7, 11) is 0. The molecule has 0 spiro atoms. The van der Waals surface area contributed by atoms with Gasteiger partial charge in [0.05, 0.1) is 5.56 Å². The van der Waals surface area contributed by atoms with Crippen LogP contribution in [0.3, 0.4) is 0 Å². The van der Waals surface area contributed by atoms with E-state index in [9.17, 15) is 18.0 Å². The van der Waals surface area contributed by atoms with Crippen molar-refractivity contribution in [3.05, 3.63) is 77.1 Å². The minimum atomic E-state index is -4.40. The second-order valence-electron chi connectivity index (χ2n) is 9.72. The molecule has 1 N–H and O–H groups in total. The van der Waals surface area contributed by atoms with Gasteiger partial charge in [-0.1, -0.05) is 35.6 Å². The van der Waals surface area contributed by atoms with E-state index in [2.05, 4.69) is 20.5 Å². The molecule has 0 fully saturated rings. The predicted molar refractivity (Wildman–Crippen MR) is 137 cm³/mol. The first-order chi connectivity index (χ1) is 17.5. The van der Waals surface area contributed by atoms with Gasteiger partial charge in [0.15, 0.2) is 0 Å². The van der Waals surface area contributed by atoms with E-state index < -0.39 is 23.4 Å². The lowest BCUT2D eigenvalue weighted by Gasteiger charge is -2.23. The van der Waals surface area contributed by atoms with E-state index in [1.54, 1.807) is 33.2 Å². The molecule has 0 aliphatic heterocycles. The number of alkyl carbamates (subject to hydrolysis) is 1. The predicted octanol–water partition coefficient (Wildman–Crippen LogP) is 6.84. The summed E-state index contributed by atoms with van der Waals surface area (Å²) in [5, 5.41) is 15.2. The van der Waals surface area contributed by atoms with Crippen molar-refractivity contribution in [2.24, 2.45) is 0 Å². The zero-order valence-corrected chi connectivity index (χ0v) is 21.5. The molecule has 4 aromatic rings. The van der Waals surface area contributed by atoms with Gasteiger partial charge in [0.1, 0.15) is 15.6 Å². The monoisotopic (exact) mass is 528 g/mol. The van der Waals surface area contributed by atoms with E-state index in [0.29, 0.717) is 24.8 Å². The Morgan fingerprint density at radius 1 is 1.03 bits per heavy atom. The van der Waals surface area contributed by atoms with Gasteiger partial charge in [0, 0.05) is 35.8 Å². The number of hydrogen-bond acceptors (Lipinski definition) is 6. The minimum absolute atomic E-state index is 0.349. The van der Waals surface area contributed by atoms with E-state index in [1.807, 2.05) is 24.3 Å². The van der Waals surface area contributed by atoms with Crippen molar-refractivity contribution in [1.29, 1.82) is 0 Å². The minimum Gasteiger partial charge on any atom is -0.444 e. The first-order valence-electron chi connectivity index (χ1n) is 11.8. The molecule has 1 unspecified atom stereocenters. The largest absolute Gasteiger partial charge is 0.444 e. The number of carbonyl (C=O) groups excluding carboxylic acids is 1. The van der Waals surface area contributed by atoms with Crippen molar-refractivity contribution in [2.75, 3.05) is 0 Å². The van der Waals surface area contributed by atoms with Crippen LogP contribution in [-0.2, 0) is 23.8 Å². The Morgan fingerprint density at radius 3 is 2.49 bits per heavy atom. The molecule has 0 aliphatic carbocycles. The van der Waals surface area contributed by atoms with Gasteiger partial charge in [-0.05, 0) is 68.8 Å². The fraction of sp³-hybridized carbons (Fsp3) is 0.333. The molecule has 37 heavy (non-hydrogen) atoms. The van der Waals surface area contributed by atoms with Gasteiger partial charge < -0.3 is 10.1 Å². The highest BCUT2D eigenvalue weighted by Gasteiger charge is 2.30. The maximum absolute atomic E-state index is 12.9. The molecule has 10 heteroatoms. The van der Waals surface area contributed by atoms with Gasteiger partial charge in [-0.15, -0.1) is 10.2 Å². The summed E-state index contributed by atoms with van der Waals surface area (Å²) in [6.07, 6.45) is -0.0286. The molecule has 0 aliphatic rings. The molecule has 2 aromatic carbocycles. The normalized spacial score (nSPS) is 12.9. The molecule has 1 amide bonds. The van der Waals surface area contributed by atoms with Crippen molar-refractivity contribution in [1.82, 2.24) is 20.5 Å². The Balaban J connectivity index is 1.46. The Kier molecular flexibility index (Phi) is 7.77. The number of nitrogens with zero attached hydrogens (tertiary/aromatic N) is 3. The molecule has 6 nitrogen and oxygen atoms in total. The molecular weight excluding hydrogens is 501 g/mol. The number of alkyl halides is 3. The number of aryl methyl sites for hydroxylation is 1. The summed E-state index contributed by atoms with van der Waals surface area (Å²) in [6, 6.07) is 12.6. The SMILES string of the molecule is CC(C)(C)OC(=O)NC(CCc1nnc(-c2ccc3cnccc3c2)s1)Cc1ccc(C(F)(F)F)cc1. The van der Waals surface area contributed by atoms with Crippen molar-refractivity contribution in [3.63, 3.8) is 0 Å². The third-order valence-corrected chi connectivity index (χ3v) is 6.58. The molecule has 0 radical (unpaired) electrons. The number of ether oxygens (including phenoxy) is 1. The Hall–Kier alpha value is -3.53. The van der Waals surface area contributed by atoms with Crippen LogP contribution in [0.15, 0.2) is 60.9 Å². The highest BCUT2D eigenvalue weighted by atomic mass is 32.1. The number of hydrogen-bond donors (Lipinski definition) is 1. The number of halogens is 3. The summed E-state index contributed by atoms with van der Waals surface area (Å²) in [4.78, 5) is 16.6. The molecule has 1 atom stereocenters. The van der Waals surface area contributed by atoms with Crippen LogP contribution in [0.1, 0.15) is 43.3 Å². The second-order valence-corrected chi connectivity index (χ2v) is 10.8. The van der Waals surface area contributed by atoms with Crippen LogP contribution >= 0.6 is 11.3 Å². The van der Waals surface area contributed by atoms with Gasteiger partial charge in [-0.2, -0.15) is 13.2 Å². The smallest absolute Gasteiger partial charge is 0.416 e. The zero-order chi connectivity index (χ0) is 26.6. The molecular formula is C27H27F3N4O2S. The third kappa shape index (κ3) is 7.48. The van der Waals surface area contributed by atoms with Gasteiger partial charge in [0.25, 0.3) is 0 Å². The third-order valence-electron chi connectivity index (χ3n) is 5.55. The average Bonchev–Trinajstić information content (AvgIpc) is 3.30. The molecule has 0 bridgehead atoms. The Bertz CT molecular complexity index is 1360. The molecule has 2 heterocycles. The van der Waals surface area contributed by atoms with E-state index in [1.165, 1.54) is 23.5 Å². The fourth-order valence-corrected chi connectivity index (χ4v) is 4.65. The lowest BCUT2D eigenvalue weighted by molar-refractivity contribution is -0.137. The first kappa shape index (κ1) is 26.5. The van der Waals surface area contributed by atoms with Crippen LogP contribution in [0.5, 0.6) is 0 Å². The van der Waals surface area contributed by atoms with E-state index in [-0.39, 0.29) is 6.04 Å². The van der Waals surface area contributed by atoms with E-state index >= 15 is 0 Å². The van der Waals surface area contributed by atoms with Gasteiger partial charge in [0.2, 0.25) is 0 Å². The summed E-state index contributed by atoms with van der Waals surface area (Å²) in [6.45, 7) is 5.30. The quantitative estimate of drug-likeness (QED) is 0.284. The average molecular weight is 529 g/mol. The maximum Gasteiger partial charge on any atom is 0.416 e. The standard InChI is InChI=1S/C27H27F3N4O2S/c1-26(2,3)36-25(35)32-22(14-17-4-8-21(9-5-17)27(28,29)30)10-11-23-33-34-24(37-23)19-6-7-20-16-31-13-12-18(20)15-19/h4-9,12-13,15-16,22H,10-11,14H2,1-3H3,(H,32,35). The van der Waals surface area contributed by atoms with Crippen molar-refractivity contribution >= 4 is 28.2 Å². The van der Waals surface area contributed by atoms with Gasteiger partial charge in [-0.25, -0.2) is 4.79 Å². The lowest BCUT2D eigenvalue weighted by Crippen LogP contribution is -2.40. The summed E-state index contributed by atoms with van der Waals surface area (Å²) in [5.74, 6) is 0. The highest BCUT2D eigenvalue weighted by molar-refractivity contribution is 7.14. The van der Waals surface area contributed by atoms with E-state index in [4.69, 9.17) is 4.74 Å². The molecule has 194 valence electrons. The molecule has 4 rings (SSSR count). The Morgan fingerprint density at radius 2 is 1.78 bits per heavy atom. The molecule has 0 saturated carbocycles. The number of nitrogens with one attached hydrogen (secondary N) is 1. The van der Waals surface area contributed by atoms with Crippen LogP contribution < -0.4 is 5.32 Å². The number of carbonyl (C=O) groups is 1. The van der Waals surface area contributed by atoms with E-state index in [0.717, 1.165) is 38.5 Å². The van der Waals surface area contributed by atoms with Crippen LogP contribution in [-0.4, -0.2) is 32.9 Å². The van der Waals surface area contributed by atoms with Crippen LogP contribution in [0.25, 0.3) is 21.3 Å². The van der Waals surface area contributed by atoms with Crippen molar-refractivity contribution < 1.29 is 22.7 Å². The number of benzene rings is 2. The van der Waals surface area contributed by atoms with Crippen LogP contribution in [0, 0.1) is 0 Å². The zero-order valence-electron chi connectivity index (χ0n) is 20.7. The van der Waals surface area contributed by atoms with Crippen LogP contribution in [0.4, 0.5) is 18.0 Å². The maximum atomic E-state index is 12.9. The fourth-order valence-electron chi connectivity index (χ4n) is 3.80. The lowest BCUT2D eigenvalue weighted by atomic mass is 10.0. The topological polar surface area (TPSA) is 77.0 Å². The number of amides is 1. The Labute approximate surface area is 216 Å². The second kappa shape index (κ2) is 10.8. The summed E-state index contributed by atoms with van der Waals surface area (Å²) < 4.78 is 44.2. The number of fused-ring (bicyclic) bond motifs is 1. The van der Waals surface area contributed by atoms with Gasteiger partial charge >= 0.3 is 12.3 Å². The summed E-state index contributed by atoms with van der Waals surface area (Å²) in [5.41, 5.74) is 0.250. The number of aromatic nitrogens is 3. The highest BCUT2D eigenvalue weighted by Crippen LogP contribution is 2.30. The van der Waals surface area contributed by atoms with Crippen molar-refractivity contribution in [3.8, 4) is 10.6 Å².